The molecule has 1 aromatic carbocycles. The second-order valence-corrected chi connectivity index (χ2v) is 5.28. The molecule has 1 aromatic rings. The van der Waals surface area contributed by atoms with Crippen LogP contribution in [0.25, 0.3) is 0 Å². The molecule has 19 heavy (non-hydrogen) atoms. The molecule has 2 N–H and O–H groups in total. The zero-order valence-corrected chi connectivity index (χ0v) is 11.5. The largest absolute Gasteiger partial charge is 0.508 e. The first-order chi connectivity index (χ1) is 9.16. The first kappa shape index (κ1) is 14.3. The fourth-order valence-electron chi connectivity index (χ4n) is 2.60. The van der Waals surface area contributed by atoms with Gasteiger partial charge in [-0.05, 0) is 58.4 Å². The van der Waals surface area contributed by atoms with Gasteiger partial charge in [0.15, 0.2) is 0 Å². The Balaban J connectivity index is 1.72. The molecule has 0 aliphatic carbocycles. The first-order valence-corrected chi connectivity index (χ1v) is 7.11. The van der Waals surface area contributed by atoms with Gasteiger partial charge in [0, 0.05) is 17.7 Å². The molecule has 1 heterocycles. The minimum atomic E-state index is -0.348. The maximum absolute atomic E-state index is 13.6. The topological polar surface area (TPSA) is 35.5 Å². The highest BCUT2D eigenvalue weighted by Crippen LogP contribution is 2.20. The summed E-state index contributed by atoms with van der Waals surface area (Å²) in [6.45, 7) is 6.41. The van der Waals surface area contributed by atoms with Gasteiger partial charge < -0.3 is 15.3 Å². The number of likely N-dealkylation sites (tertiary alicyclic amines) is 1. The molecule has 1 saturated heterocycles. The van der Waals surface area contributed by atoms with E-state index in [4.69, 9.17) is 0 Å². The Bertz CT molecular complexity index is 405. The number of aromatic hydroxyl groups is 1. The maximum atomic E-state index is 13.6. The van der Waals surface area contributed by atoms with E-state index in [-0.39, 0.29) is 17.6 Å². The van der Waals surface area contributed by atoms with Crippen LogP contribution in [0.2, 0.25) is 0 Å². The molecule has 3 nitrogen and oxygen atoms in total. The van der Waals surface area contributed by atoms with Crippen LogP contribution in [0.3, 0.4) is 0 Å². The standard InChI is InChI=1S/C15H23FN2O/c1-12(14-6-5-13(19)11-15(14)16)17-7-4-10-18-8-2-3-9-18/h5-6,11-12,17,19H,2-4,7-10H2,1H3. The summed E-state index contributed by atoms with van der Waals surface area (Å²) in [6, 6.07) is 4.31. The van der Waals surface area contributed by atoms with Gasteiger partial charge in [0.1, 0.15) is 11.6 Å². The normalized spacial score (nSPS) is 17.8. The summed E-state index contributed by atoms with van der Waals surface area (Å²) < 4.78 is 13.6. The average molecular weight is 266 g/mol. The summed E-state index contributed by atoms with van der Waals surface area (Å²) in [6.07, 6.45) is 3.73. The van der Waals surface area contributed by atoms with Gasteiger partial charge in [-0.25, -0.2) is 4.39 Å². The molecule has 0 radical (unpaired) electrons. The smallest absolute Gasteiger partial charge is 0.131 e. The van der Waals surface area contributed by atoms with Crippen molar-refractivity contribution in [1.29, 1.82) is 0 Å². The SMILES string of the molecule is CC(NCCCN1CCCC1)c1ccc(O)cc1F. The van der Waals surface area contributed by atoms with Gasteiger partial charge >= 0.3 is 0 Å². The van der Waals surface area contributed by atoms with Crippen molar-refractivity contribution in [3.8, 4) is 5.75 Å². The van der Waals surface area contributed by atoms with E-state index < -0.39 is 0 Å². The minimum Gasteiger partial charge on any atom is -0.508 e. The van der Waals surface area contributed by atoms with Crippen LogP contribution in [-0.4, -0.2) is 36.2 Å². The Labute approximate surface area is 114 Å². The van der Waals surface area contributed by atoms with Crippen molar-refractivity contribution in [3.63, 3.8) is 0 Å². The number of halogens is 1. The van der Waals surface area contributed by atoms with Gasteiger partial charge in [-0.1, -0.05) is 6.07 Å². The molecule has 0 aromatic heterocycles. The molecule has 0 saturated carbocycles. The number of rotatable bonds is 6. The lowest BCUT2D eigenvalue weighted by molar-refractivity contribution is 0.328. The van der Waals surface area contributed by atoms with Crippen LogP contribution in [0.5, 0.6) is 5.75 Å². The van der Waals surface area contributed by atoms with Gasteiger partial charge in [0.05, 0.1) is 0 Å². The Hall–Kier alpha value is -1.13. The summed E-state index contributed by atoms with van der Waals surface area (Å²) in [4.78, 5) is 2.48. The molecule has 106 valence electrons. The van der Waals surface area contributed by atoms with E-state index in [0.717, 1.165) is 25.6 Å². The zero-order chi connectivity index (χ0) is 13.7. The van der Waals surface area contributed by atoms with E-state index in [1.165, 1.54) is 32.0 Å². The quantitative estimate of drug-likeness (QED) is 0.777. The first-order valence-electron chi connectivity index (χ1n) is 7.11. The predicted molar refractivity (Wildman–Crippen MR) is 74.8 cm³/mol. The summed E-state index contributed by atoms with van der Waals surface area (Å²) in [5.74, 6) is -0.373. The van der Waals surface area contributed by atoms with Crippen LogP contribution in [-0.2, 0) is 0 Å². The van der Waals surface area contributed by atoms with E-state index in [9.17, 15) is 9.50 Å². The van der Waals surface area contributed by atoms with Crippen molar-refractivity contribution in [2.75, 3.05) is 26.2 Å². The van der Waals surface area contributed by atoms with Crippen LogP contribution >= 0.6 is 0 Å². The summed E-state index contributed by atoms with van der Waals surface area (Å²) in [5, 5.41) is 12.5. The fourth-order valence-corrected chi connectivity index (χ4v) is 2.60. The molecule has 1 atom stereocenters. The average Bonchev–Trinajstić information content (AvgIpc) is 2.87. The van der Waals surface area contributed by atoms with Crippen molar-refractivity contribution in [1.82, 2.24) is 10.2 Å². The zero-order valence-electron chi connectivity index (χ0n) is 11.5. The van der Waals surface area contributed by atoms with Gasteiger partial charge in [0.2, 0.25) is 0 Å². The highest BCUT2D eigenvalue weighted by atomic mass is 19.1. The van der Waals surface area contributed by atoms with E-state index in [1.807, 2.05) is 6.92 Å². The number of nitrogens with zero attached hydrogens (tertiary/aromatic N) is 1. The van der Waals surface area contributed by atoms with Crippen molar-refractivity contribution < 1.29 is 9.50 Å². The summed E-state index contributed by atoms with van der Waals surface area (Å²) in [7, 11) is 0. The Morgan fingerprint density at radius 2 is 2.11 bits per heavy atom. The van der Waals surface area contributed by atoms with E-state index in [2.05, 4.69) is 10.2 Å². The van der Waals surface area contributed by atoms with E-state index in [1.54, 1.807) is 6.07 Å². The molecular formula is C15H23FN2O. The van der Waals surface area contributed by atoms with Crippen molar-refractivity contribution in [2.24, 2.45) is 0 Å². The van der Waals surface area contributed by atoms with Gasteiger partial charge in [-0.3, -0.25) is 0 Å². The molecule has 1 fully saturated rings. The molecule has 0 spiro atoms. The third kappa shape index (κ3) is 4.18. The second kappa shape index (κ2) is 6.87. The molecule has 1 aliphatic rings. The number of phenolic OH excluding ortho intramolecular Hbond substituents is 1. The number of hydrogen-bond acceptors (Lipinski definition) is 3. The van der Waals surface area contributed by atoms with Crippen molar-refractivity contribution in [3.05, 3.63) is 29.6 Å². The molecule has 1 unspecified atom stereocenters. The third-order valence-electron chi connectivity index (χ3n) is 3.75. The predicted octanol–water partition coefficient (Wildman–Crippen LogP) is 2.67. The maximum Gasteiger partial charge on any atom is 0.131 e. The highest BCUT2D eigenvalue weighted by Gasteiger charge is 2.12. The van der Waals surface area contributed by atoms with Crippen LogP contribution in [0.1, 0.15) is 37.8 Å². The molecule has 0 bridgehead atoms. The minimum absolute atomic E-state index is 0.0255. The van der Waals surface area contributed by atoms with Gasteiger partial charge in [0.25, 0.3) is 0 Å². The Morgan fingerprint density at radius 3 is 2.79 bits per heavy atom. The monoisotopic (exact) mass is 266 g/mol. The van der Waals surface area contributed by atoms with Crippen LogP contribution in [0.15, 0.2) is 18.2 Å². The lowest BCUT2D eigenvalue weighted by atomic mass is 10.1. The molecule has 2 rings (SSSR count). The molecule has 1 aliphatic heterocycles. The number of hydrogen-bond donors (Lipinski definition) is 2. The van der Waals surface area contributed by atoms with E-state index >= 15 is 0 Å². The molecule has 4 heteroatoms. The van der Waals surface area contributed by atoms with Crippen molar-refractivity contribution >= 4 is 0 Å². The number of benzene rings is 1. The third-order valence-corrected chi connectivity index (χ3v) is 3.75. The van der Waals surface area contributed by atoms with Crippen LogP contribution in [0.4, 0.5) is 4.39 Å². The second-order valence-electron chi connectivity index (χ2n) is 5.28. The lowest BCUT2D eigenvalue weighted by Crippen LogP contribution is -2.26. The fraction of sp³-hybridized carbons (Fsp3) is 0.600. The van der Waals surface area contributed by atoms with Crippen molar-refractivity contribution in [2.45, 2.75) is 32.2 Å². The van der Waals surface area contributed by atoms with Crippen LogP contribution in [0, 0.1) is 5.82 Å². The van der Waals surface area contributed by atoms with E-state index in [0.29, 0.717) is 5.56 Å². The summed E-state index contributed by atoms with van der Waals surface area (Å²) in [5.41, 5.74) is 0.610. The highest BCUT2D eigenvalue weighted by molar-refractivity contribution is 5.29. The number of phenols is 1. The van der Waals surface area contributed by atoms with Gasteiger partial charge in [-0.2, -0.15) is 0 Å². The molecule has 0 amide bonds. The summed E-state index contributed by atoms with van der Waals surface area (Å²) >= 11 is 0. The van der Waals surface area contributed by atoms with Crippen LogP contribution < -0.4 is 5.32 Å². The Morgan fingerprint density at radius 1 is 1.37 bits per heavy atom. The lowest BCUT2D eigenvalue weighted by Gasteiger charge is -2.17. The number of nitrogens with one attached hydrogen (secondary N) is 1. The molecular weight excluding hydrogens is 243 g/mol. The van der Waals surface area contributed by atoms with Gasteiger partial charge in [-0.15, -0.1) is 0 Å². The Kier molecular flexibility index (Phi) is 5.16.